The van der Waals surface area contributed by atoms with Gasteiger partial charge in [-0.3, -0.25) is 0 Å². The number of nitrogens with zero attached hydrogens (tertiary/aromatic N) is 4. The molecule has 1 aliphatic rings. The number of likely N-dealkylation sites (tertiary alicyclic amines) is 1. The zero-order chi connectivity index (χ0) is 14.8. The van der Waals surface area contributed by atoms with E-state index in [-0.39, 0.29) is 17.8 Å². The molecule has 20 heavy (non-hydrogen) atoms. The Bertz CT molecular complexity index is 540. The quantitative estimate of drug-likeness (QED) is 0.876. The van der Waals surface area contributed by atoms with Gasteiger partial charge in [0, 0.05) is 25.5 Å². The molecular weight excluding hydrogens is 258 g/mol. The first-order valence-electron chi connectivity index (χ1n) is 6.34. The van der Waals surface area contributed by atoms with Crippen molar-refractivity contribution in [1.29, 1.82) is 5.26 Å². The van der Waals surface area contributed by atoms with Gasteiger partial charge in [0.05, 0.1) is 6.04 Å². The number of ether oxygens (including phenoxy) is 1. The topological polar surface area (TPSA) is 91.1 Å². The summed E-state index contributed by atoms with van der Waals surface area (Å²) in [6.45, 7) is 6.55. The number of nitrogens with one attached hydrogen (secondary N) is 1. The first-order chi connectivity index (χ1) is 9.39. The first-order valence-corrected chi connectivity index (χ1v) is 6.34. The molecule has 2 rings (SSSR count). The van der Waals surface area contributed by atoms with Crippen molar-refractivity contribution in [3.05, 3.63) is 18.1 Å². The average molecular weight is 275 g/mol. The van der Waals surface area contributed by atoms with Crippen LogP contribution in [0.15, 0.2) is 12.4 Å². The molecule has 7 heteroatoms. The number of hydrogen-bond acceptors (Lipinski definition) is 6. The largest absolute Gasteiger partial charge is 0.444 e. The van der Waals surface area contributed by atoms with Crippen molar-refractivity contribution in [2.24, 2.45) is 0 Å². The average Bonchev–Trinajstić information content (AvgIpc) is 2.31. The molecule has 0 spiro atoms. The van der Waals surface area contributed by atoms with Crippen LogP contribution in [0.5, 0.6) is 0 Å². The molecule has 0 unspecified atom stereocenters. The van der Waals surface area contributed by atoms with E-state index < -0.39 is 5.60 Å². The van der Waals surface area contributed by atoms with Gasteiger partial charge in [-0.1, -0.05) is 0 Å². The van der Waals surface area contributed by atoms with Gasteiger partial charge in [0.1, 0.15) is 11.7 Å². The van der Waals surface area contributed by atoms with Crippen LogP contribution in [0.25, 0.3) is 0 Å². The van der Waals surface area contributed by atoms with Crippen molar-refractivity contribution < 1.29 is 9.53 Å². The highest BCUT2D eigenvalue weighted by Crippen LogP contribution is 2.18. The Kier molecular flexibility index (Phi) is 3.74. The summed E-state index contributed by atoms with van der Waals surface area (Å²) in [6.07, 6.45) is 2.67. The minimum Gasteiger partial charge on any atom is -0.444 e. The van der Waals surface area contributed by atoms with Crippen molar-refractivity contribution in [1.82, 2.24) is 14.9 Å². The molecule has 0 atom stereocenters. The molecular formula is C13H17N5O2. The van der Waals surface area contributed by atoms with E-state index in [4.69, 9.17) is 10.00 Å². The molecule has 1 aliphatic heterocycles. The van der Waals surface area contributed by atoms with Gasteiger partial charge >= 0.3 is 6.09 Å². The second-order valence-corrected chi connectivity index (χ2v) is 5.59. The van der Waals surface area contributed by atoms with Crippen LogP contribution in [-0.2, 0) is 4.74 Å². The molecule has 0 aromatic carbocycles. The fourth-order valence-electron chi connectivity index (χ4n) is 1.76. The summed E-state index contributed by atoms with van der Waals surface area (Å²) in [4.78, 5) is 21.3. The summed E-state index contributed by atoms with van der Waals surface area (Å²) in [5.74, 6) is 0.448. The van der Waals surface area contributed by atoms with Crippen molar-refractivity contribution in [2.45, 2.75) is 32.4 Å². The number of amides is 1. The van der Waals surface area contributed by atoms with Crippen LogP contribution >= 0.6 is 0 Å². The molecule has 1 amide bonds. The Morgan fingerprint density at radius 2 is 2.10 bits per heavy atom. The molecule has 2 heterocycles. The third kappa shape index (κ3) is 3.35. The normalized spacial score (nSPS) is 15.2. The van der Waals surface area contributed by atoms with E-state index in [9.17, 15) is 4.79 Å². The molecule has 1 fully saturated rings. The van der Waals surface area contributed by atoms with Gasteiger partial charge < -0.3 is 15.0 Å². The van der Waals surface area contributed by atoms with Gasteiger partial charge in [-0.05, 0) is 20.8 Å². The Labute approximate surface area is 117 Å². The van der Waals surface area contributed by atoms with Crippen LogP contribution < -0.4 is 5.32 Å². The fraction of sp³-hybridized carbons (Fsp3) is 0.538. The molecule has 7 nitrogen and oxygen atoms in total. The lowest BCUT2D eigenvalue weighted by molar-refractivity contribution is 0.0104. The predicted octanol–water partition coefficient (Wildman–Crippen LogP) is 1.38. The standard InChI is InChI=1S/C13H17N5O2/c1-13(2,3)20-12(19)18-7-9(8-18)17-11-10(6-14)15-4-5-16-11/h4-5,9H,7-8H2,1-3H3,(H,16,17). The number of rotatable bonds is 2. The summed E-state index contributed by atoms with van der Waals surface area (Å²) >= 11 is 0. The molecule has 0 saturated carbocycles. The number of carbonyl (C=O) groups excluding carboxylic acids is 1. The maximum absolute atomic E-state index is 11.8. The van der Waals surface area contributed by atoms with E-state index in [2.05, 4.69) is 15.3 Å². The van der Waals surface area contributed by atoms with Crippen LogP contribution in [-0.4, -0.2) is 45.7 Å². The lowest BCUT2D eigenvalue weighted by atomic mass is 10.1. The Morgan fingerprint density at radius 3 is 2.70 bits per heavy atom. The first kappa shape index (κ1) is 14.1. The summed E-state index contributed by atoms with van der Waals surface area (Å²) in [5.41, 5.74) is -0.239. The van der Waals surface area contributed by atoms with Gasteiger partial charge in [-0.2, -0.15) is 5.26 Å². The van der Waals surface area contributed by atoms with E-state index in [1.54, 1.807) is 4.90 Å². The Balaban J connectivity index is 1.86. The van der Waals surface area contributed by atoms with E-state index in [0.717, 1.165) is 0 Å². The van der Waals surface area contributed by atoms with Crippen LogP contribution in [0.1, 0.15) is 26.5 Å². The number of aromatic nitrogens is 2. The maximum Gasteiger partial charge on any atom is 0.410 e. The van der Waals surface area contributed by atoms with Crippen LogP contribution in [0.4, 0.5) is 10.6 Å². The van der Waals surface area contributed by atoms with Crippen molar-refractivity contribution in [3.63, 3.8) is 0 Å². The lowest BCUT2D eigenvalue weighted by Gasteiger charge is -2.40. The highest BCUT2D eigenvalue weighted by Gasteiger charge is 2.34. The molecule has 1 aromatic rings. The molecule has 1 N–H and O–H groups in total. The second kappa shape index (κ2) is 5.33. The van der Waals surface area contributed by atoms with Gasteiger partial charge in [0.2, 0.25) is 0 Å². The van der Waals surface area contributed by atoms with E-state index in [0.29, 0.717) is 18.9 Å². The fourth-order valence-corrected chi connectivity index (χ4v) is 1.76. The van der Waals surface area contributed by atoms with Crippen molar-refractivity contribution in [2.75, 3.05) is 18.4 Å². The Hall–Kier alpha value is -2.36. The summed E-state index contributed by atoms with van der Waals surface area (Å²) in [6, 6.07) is 2.03. The van der Waals surface area contributed by atoms with Gasteiger partial charge in [0.25, 0.3) is 0 Å². The summed E-state index contributed by atoms with van der Waals surface area (Å²) < 4.78 is 5.26. The highest BCUT2D eigenvalue weighted by molar-refractivity contribution is 5.69. The summed E-state index contributed by atoms with van der Waals surface area (Å²) in [7, 11) is 0. The van der Waals surface area contributed by atoms with Gasteiger partial charge in [-0.25, -0.2) is 14.8 Å². The van der Waals surface area contributed by atoms with E-state index in [1.165, 1.54) is 12.4 Å². The van der Waals surface area contributed by atoms with Crippen molar-refractivity contribution >= 4 is 11.9 Å². The van der Waals surface area contributed by atoms with Crippen LogP contribution in [0.3, 0.4) is 0 Å². The number of carbonyl (C=O) groups is 1. The second-order valence-electron chi connectivity index (χ2n) is 5.59. The molecule has 1 aromatic heterocycles. The zero-order valence-electron chi connectivity index (χ0n) is 11.8. The van der Waals surface area contributed by atoms with Crippen molar-refractivity contribution in [3.8, 4) is 6.07 Å². The number of hydrogen-bond donors (Lipinski definition) is 1. The smallest absolute Gasteiger partial charge is 0.410 e. The highest BCUT2D eigenvalue weighted by atomic mass is 16.6. The summed E-state index contributed by atoms with van der Waals surface area (Å²) in [5, 5.41) is 12.0. The monoisotopic (exact) mass is 275 g/mol. The molecule has 1 saturated heterocycles. The Morgan fingerprint density at radius 1 is 1.45 bits per heavy atom. The molecule has 0 bridgehead atoms. The minimum absolute atomic E-state index is 0.0614. The number of nitriles is 1. The predicted molar refractivity (Wildman–Crippen MR) is 72.0 cm³/mol. The molecule has 106 valence electrons. The van der Waals surface area contributed by atoms with Gasteiger partial charge in [0.15, 0.2) is 11.5 Å². The SMILES string of the molecule is CC(C)(C)OC(=O)N1CC(Nc2nccnc2C#N)C1. The third-order valence-corrected chi connectivity index (χ3v) is 2.68. The van der Waals surface area contributed by atoms with E-state index in [1.807, 2.05) is 26.8 Å². The van der Waals surface area contributed by atoms with Crippen LogP contribution in [0.2, 0.25) is 0 Å². The van der Waals surface area contributed by atoms with Gasteiger partial charge in [-0.15, -0.1) is 0 Å². The third-order valence-electron chi connectivity index (χ3n) is 2.68. The lowest BCUT2D eigenvalue weighted by Crippen LogP contribution is -2.58. The zero-order valence-corrected chi connectivity index (χ0v) is 11.8. The minimum atomic E-state index is -0.492. The molecule has 0 aliphatic carbocycles. The van der Waals surface area contributed by atoms with E-state index >= 15 is 0 Å². The molecule has 0 radical (unpaired) electrons. The maximum atomic E-state index is 11.8. The van der Waals surface area contributed by atoms with Crippen LogP contribution in [0, 0.1) is 11.3 Å². The number of anilines is 1.